The van der Waals surface area contributed by atoms with Crippen LogP contribution >= 0.6 is 0 Å². The van der Waals surface area contributed by atoms with E-state index in [1.165, 1.54) is 0 Å². The molecule has 0 bridgehead atoms. The summed E-state index contributed by atoms with van der Waals surface area (Å²) in [5.74, 6) is -0.435. The monoisotopic (exact) mass is 376 g/mol. The highest BCUT2D eigenvalue weighted by atomic mass is 16.6. The fourth-order valence-corrected chi connectivity index (χ4v) is 3.07. The molecule has 0 atom stereocenters. The van der Waals surface area contributed by atoms with Crippen molar-refractivity contribution in [2.75, 3.05) is 59.1 Å². The number of piperazine rings is 1. The van der Waals surface area contributed by atoms with Gasteiger partial charge in [0, 0.05) is 39.3 Å². The third-order valence-electron chi connectivity index (χ3n) is 4.58. The highest BCUT2D eigenvalue weighted by Gasteiger charge is 2.27. The maximum Gasteiger partial charge on any atom is 0.409 e. The van der Waals surface area contributed by atoms with Crippen LogP contribution in [-0.2, 0) is 9.47 Å². The lowest BCUT2D eigenvalue weighted by atomic mass is 10.2. The third-order valence-corrected chi connectivity index (χ3v) is 4.58. The normalized spacial score (nSPS) is 17.6. The van der Waals surface area contributed by atoms with Crippen molar-refractivity contribution in [1.82, 2.24) is 19.7 Å². The Labute approximate surface area is 157 Å². The zero-order chi connectivity index (χ0) is 19.2. The fourth-order valence-electron chi connectivity index (χ4n) is 3.07. The topological polar surface area (TPSA) is 92.3 Å². The second kappa shape index (κ2) is 8.81. The summed E-state index contributed by atoms with van der Waals surface area (Å²) in [6, 6.07) is 4.90. The molecule has 2 aliphatic rings. The largest absolute Gasteiger partial charge is 0.450 e. The molecule has 0 aromatic carbocycles. The highest BCUT2D eigenvalue weighted by Crippen LogP contribution is 2.11. The van der Waals surface area contributed by atoms with E-state index < -0.39 is 0 Å². The molecular formula is C18H24N4O5. The zero-order valence-electron chi connectivity index (χ0n) is 15.4. The van der Waals surface area contributed by atoms with Gasteiger partial charge >= 0.3 is 6.09 Å². The first-order valence-corrected chi connectivity index (χ1v) is 9.15. The number of rotatable bonds is 3. The van der Waals surface area contributed by atoms with Crippen molar-refractivity contribution in [3.05, 3.63) is 29.6 Å². The molecule has 146 valence electrons. The Kier molecular flexibility index (Phi) is 6.23. The van der Waals surface area contributed by atoms with Crippen LogP contribution in [0.4, 0.5) is 4.79 Å². The summed E-state index contributed by atoms with van der Waals surface area (Å²) in [6.07, 6.45) is -0.360. The molecule has 2 aliphatic heterocycles. The lowest BCUT2D eigenvalue weighted by Gasteiger charge is -2.33. The molecule has 9 heteroatoms. The van der Waals surface area contributed by atoms with E-state index in [-0.39, 0.29) is 29.3 Å². The predicted molar refractivity (Wildman–Crippen MR) is 95.5 cm³/mol. The van der Waals surface area contributed by atoms with Crippen molar-refractivity contribution in [3.8, 4) is 0 Å². The van der Waals surface area contributed by atoms with E-state index in [2.05, 4.69) is 4.98 Å². The van der Waals surface area contributed by atoms with Crippen LogP contribution in [0.25, 0.3) is 0 Å². The molecule has 0 radical (unpaired) electrons. The summed E-state index contributed by atoms with van der Waals surface area (Å²) in [6.45, 7) is 5.78. The molecule has 3 amide bonds. The number of ether oxygens (including phenoxy) is 2. The van der Waals surface area contributed by atoms with Crippen molar-refractivity contribution in [2.45, 2.75) is 6.92 Å². The summed E-state index contributed by atoms with van der Waals surface area (Å²) in [7, 11) is 0. The first kappa shape index (κ1) is 19.1. The van der Waals surface area contributed by atoms with Gasteiger partial charge in [0.05, 0.1) is 19.8 Å². The second-order valence-electron chi connectivity index (χ2n) is 6.29. The lowest BCUT2D eigenvalue weighted by molar-refractivity contribution is 0.0298. The molecule has 2 saturated heterocycles. The second-order valence-corrected chi connectivity index (χ2v) is 6.29. The number of pyridine rings is 1. The molecule has 0 unspecified atom stereocenters. The van der Waals surface area contributed by atoms with Crippen LogP contribution in [0.5, 0.6) is 0 Å². The smallest absolute Gasteiger partial charge is 0.409 e. The fraction of sp³-hybridized carbons (Fsp3) is 0.556. The van der Waals surface area contributed by atoms with E-state index in [9.17, 15) is 14.4 Å². The van der Waals surface area contributed by atoms with Gasteiger partial charge in [-0.3, -0.25) is 9.59 Å². The molecule has 3 rings (SSSR count). The number of nitrogens with zero attached hydrogens (tertiary/aromatic N) is 4. The van der Waals surface area contributed by atoms with Crippen LogP contribution in [0.15, 0.2) is 18.2 Å². The Balaban J connectivity index is 1.62. The molecule has 1 aromatic rings. The van der Waals surface area contributed by atoms with Crippen molar-refractivity contribution < 1.29 is 23.9 Å². The Hall–Kier alpha value is -2.68. The Bertz CT molecular complexity index is 697. The Morgan fingerprint density at radius 3 is 2.00 bits per heavy atom. The molecule has 0 saturated carbocycles. The average Bonchev–Trinajstić information content (AvgIpc) is 2.73. The van der Waals surface area contributed by atoms with E-state index in [1.54, 1.807) is 39.8 Å². The van der Waals surface area contributed by atoms with Gasteiger partial charge in [-0.15, -0.1) is 0 Å². The van der Waals surface area contributed by atoms with Crippen molar-refractivity contribution in [2.24, 2.45) is 0 Å². The Morgan fingerprint density at radius 2 is 1.44 bits per heavy atom. The maximum atomic E-state index is 12.7. The molecule has 2 fully saturated rings. The summed E-state index contributed by atoms with van der Waals surface area (Å²) < 4.78 is 10.2. The molecule has 1 aromatic heterocycles. The maximum absolute atomic E-state index is 12.7. The Morgan fingerprint density at radius 1 is 0.926 bits per heavy atom. The number of carbonyl (C=O) groups is 3. The third kappa shape index (κ3) is 4.54. The minimum Gasteiger partial charge on any atom is -0.450 e. The zero-order valence-corrected chi connectivity index (χ0v) is 15.4. The van der Waals surface area contributed by atoms with Crippen molar-refractivity contribution in [1.29, 1.82) is 0 Å². The molecule has 3 heterocycles. The first-order chi connectivity index (χ1) is 13.1. The molecule has 0 spiro atoms. The van der Waals surface area contributed by atoms with E-state index in [0.29, 0.717) is 59.1 Å². The standard InChI is InChI=1S/C18H24N4O5/c1-2-27-18(25)22-8-6-20(7-9-22)16(23)14-4-3-5-15(19-14)17(24)21-10-12-26-13-11-21/h3-5H,2,6-13H2,1H3. The number of carbonyl (C=O) groups excluding carboxylic acids is 3. The molecule has 0 N–H and O–H groups in total. The van der Waals surface area contributed by atoms with Gasteiger partial charge in [-0.05, 0) is 19.1 Å². The van der Waals surface area contributed by atoms with E-state index in [1.807, 2.05) is 0 Å². The SMILES string of the molecule is CCOC(=O)N1CCN(C(=O)c2cccc(C(=O)N3CCOCC3)n2)CC1. The van der Waals surface area contributed by atoms with E-state index in [0.717, 1.165) is 0 Å². The number of hydrogen-bond acceptors (Lipinski definition) is 6. The quantitative estimate of drug-likeness (QED) is 0.761. The number of hydrogen-bond donors (Lipinski definition) is 0. The summed E-state index contributed by atoms with van der Waals surface area (Å²) in [4.78, 5) is 46.2. The van der Waals surface area contributed by atoms with Gasteiger partial charge in [0.25, 0.3) is 11.8 Å². The molecule has 0 aliphatic carbocycles. The lowest BCUT2D eigenvalue weighted by Crippen LogP contribution is -2.51. The summed E-state index contributed by atoms with van der Waals surface area (Å²) in [5.41, 5.74) is 0.492. The van der Waals surface area contributed by atoms with Crippen LogP contribution in [0.3, 0.4) is 0 Å². The van der Waals surface area contributed by atoms with E-state index in [4.69, 9.17) is 9.47 Å². The minimum atomic E-state index is -0.360. The van der Waals surface area contributed by atoms with Crippen LogP contribution in [-0.4, -0.2) is 96.7 Å². The van der Waals surface area contributed by atoms with Gasteiger partial charge < -0.3 is 24.2 Å². The summed E-state index contributed by atoms with van der Waals surface area (Å²) in [5, 5.41) is 0. The average molecular weight is 376 g/mol. The number of amides is 3. The molecule has 9 nitrogen and oxygen atoms in total. The van der Waals surface area contributed by atoms with Gasteiger partial charge in [-0.1, -0.05) is 6.07 Å². The number of morpholine rings is 1. The van der Waals surface area contributed by atoms with Crippen LogP contribution in [0, 0.1) is 0 Å². The van der Waals surface area contributed by atoms with Crippen LogP contribution in [0.1, 0.15) is 27.9 Å². The minimum absolute atomic E-state index is 0.194. The number of aromatic nitrogens is 1. The van der Waals surface area contributed by atoms with Crippen LogP contribution < -0.4 is 0 Å². The van der Waals surface area contributed by atoms with Gasteiger partial charge in [0.2, 0.25) is 0 Å². The molecule has 27 heavy (non-hydrogen) atoms. The van der Waals surface area contributed by atoms with Gasteiger partial charge in [-0.25, -0.2) is 9.78 Å². The van der Waals surface area contributed by atoms with Crippen molar-refractivity contribution in [3.63, 3.8) is 0 Å². The van der Waals surface area contributed by atoms with Crippen LogP contribution in [0.2, 0.25) is 0 Å². The van der Waals surface area contributed by atoms with E-state index >= 15 is 0 Å². The van der Waals surface area contributed by atoms with Gasteiger partial charge in [0.1, 0.15) is 11.4 Å². The van der Waals surface area contributed by atoms with Gasteiger partial charge in [-0.2, -0.15) is 0 Å². The molecular weight excluding hydrogens is 352 g/mol. The first-order valence-electron chi connectivity index (χ1n) is 9.15. The highest BCUT2D eigenvalue weighted by molar-refractivity contribution is 5.96. The van der Waals surface area contributed by atoms with Crippen molar-refractivity contribution >= 4 is 17.9 Å². The summed E-state index contributed by atoms with van der Waals surface area (Å²) >= 11 is 0. The van der Waals surface area contributed by atoms with Gasteiger partial charge in [0.15, 0.2) is 0 Å². The predicted octanol–water partition coefficient (Wildman–Crippen LogP) is 0.468.